The van der Waals surface area contributed by atoms with Crippen LogP contribution in [-0.4, -0.2) is 50.8 Å². The molecular weight excluding hydrogens is 372 g/mol. The van der Waals surface area contributed by atoms with Gasteiger partial charge >= 0.3 is 0 Å². The summed E-state index contributed by atoms with van der Waals surface area (Å²) in [5.74, 6) is -0.180. The predicted octanol–water partition coefficient (Wildman–Crippen LogP) is 2.03. The van der Waals surface area contributed by atoms with Gasteiger partial charge in [0.05, 0.1) is 10.5 Å². The van der Waals surface area contributed by atoms with Gasteiger partial charge in [0, 0.05) is 44.0 Å². The van der Waals surface area contributed by atoms with Gasteiger partial charge in [-0.3, -0.25) is 4.79 Å². The van der Waals surface area contributed by atoms with Gasteiger partial charge in [0.1, 0.15) is 5.03 Å². The standard InChI is InChI=1S/C17H20N4O3S2/c1-21(2)26(23,24)12-6-7-14-15(11-12)25-17-13(5-3-8-20-17)16(22)19-10-4-9-18-14/h3,5-8,11,18H,4,9-10H2,1-2H3,(H,19,22). The highest BCUT2D eigenvalue weighted by molar-refractivity contribution is 7.99. The number of carbonyl (C=O) groups is 1. The molecule has 7 nitrogen and oxygen atoms in total. The van der Waals surface area contributed by atoms with Gasteiger partial charge in [-0.25, -0.2) is 17.7 Å². The second kappa shape index (κ2) is 7.65. The lowest BCUT2D eigenvalue weighted by Crippen LogP contribution is -2.26. The van der Waals surface area contributed by atoms with Crippen LogP contribution >= 0.6 is 11.8 Å². The summed E-state index contributed by atoms with van der Waals surface area (Å²) in [6.45, 7) is 1.21. The van der Waals surface area contributed by atoms with Gasteiger partial charge in [0.15, 0.2) is 0 Å². The highest BCUT2D eigenvalue weighted by Crippen LogP contribution is 2.36. The van der Waals surface area contributed by atoms with Gasteiger partial charge in [-0.2, -0.15) is 0 Å². The number of nitrogens with one attached hydrogen (secondary N) is 2. The first-order valence-corrected chi connectivity index (χ1v) is 10.4. The van der Waals surface area contributed by atoms with Crippen molar-refractivity contribution < 1.29 is 13.2 Å². The van der Waals surface area contributed by atoms with Crippen molar-refractivity contribution in [2.75, 3.05) is 32.5 Å². The van der Waals surface area contributed by atoms with E-state index in [0.717, 1.165) is 12.1 Å². The Balaban J connectivity index is 2.10. The Morgan fingerprint density at radius 2 is 1.92 bits per heavy atom. The topological polar surface area (TPSA) is 91.4 Å². The lowest BCUT2D eigenvalue weighted by molar-refractivity contribution is 0.0950. The van der Waals surface area contributed by atoms with E-state index in [2.05, 4.69) is 15.6 Å². The van der Waals surface area contributed by atoms with Gasteiger partial charge in [-0.15, -0.1) is 0 Å². The maximum Gasteiger partial charge on any atom is 0.254 e. The molecule has 0 aliphatic carbocycles. The number of carbonyl (C=O) groups excluding carboxylic acids is 1. The number of rotatable bonds is 2. The monoisotopic (exact) mass is 392 g/mol. The summed E-state index contributed by atoms with van der Waals surface area (Å²) in [7, 11) is -0.554. The van der Waals surface area contributed by atoms with Crippen molar-refractivity contribution in [3.05, 3.63) is 42.1 Å². The number of sulfonamides is 1. The maximum atomic E-state index is 12.5. The first-order chi connectivity index (χ1) is 12.4. The number of pyridine rings is 1. The van der Waals surface area contributed by atoms with Crippen LogP contribution in [0.4, 0.5) is 5.69 Å². The van der Waals surface area contributed by atoms with Crippen molar-refractivity contribution in [1.82, 2.24) is 14.6 Å². The molecule has 1 aromatic heterocycles. The minimum absolute atomic E-state index is 0.180. The molecule has 0 unspecified atom stereocenters. The van der Waals surface area contributed by atoms with Crippen molar-refractivity contribution in [1.29, 1.82) is 0 Å². The molecule has 2 heterocycles. The third kappa shape index (κ3) is 3.84. The van der Waals surface area contributed by atoms with Gasteiger partial charge in [-0.05, 0) is 36.8 Å². The van der Waals surface area contributed by atoms with Crippen LogP contribution < -0.4 is 10.6 Å². The largest absolute Gasteiger partial charge is 0.384 e. The molecule has 1 amide bonds. The molecule has 2 aromatic rings. The molecule has 1 aliphatic heterocycles. The first kappa shape index (κ1) is 18.7. The van der Waals surface area contributed by atoms with Crippen LogP contribution in [0.25, 0.3) is 0 Å². The number of hydrogen-bond donors (Lipinski definition) is 2. The van der Waals surface area contributed by atoms with Crippen LogP contribution in [0, 0.1) is 0 Å². The van der Waals surface area contributed by atoms with Gasteiger partial charge in [0.25, 0.3) is 5.91 Å². The number of amides is 1. The molecule has 1 aromatic carbocycles. The number of nitrogens with zero attached hydrogens (tertiary/aromatic N) is 2. The summed E-state index contributed by atoms with van der Waals surface area (Å²) in [5.41, 5.74) is 1.30. The fourth-order valence-corrected chi connectivity index (χ4v) is 4.49. The Bertz CT molecular complexity index is 929. The summed E-state index contributed by atoms with van der Waals surface area (Å²) in [4.78, 5) is 17.6. The van der Waals surface area contributed by atoms with E-state index in [4.69, 9.17) is 0 Å². The Kier molecular flexibility index (Phi) is 5.49. The highest BCUT2D eigenvalue weighted by Gasteiger charge is 2.21. The van der Waals surface area contributed by atoms with Crippen LogP contribution in [0.15, 0.2) is 51.3 Å². The van der Waals surface area contributed by atoms with E-state index < -0.39 is 10.0 Å². The normalized spacial score (nSPS) is 15.3. The lowest BCUT2D eigenvalue weighted by Gasteiger charge is -2.16. The second-order valence-electron chi connectivity index (χ2n) is 5.94. The number of benzene rings is 1. The average Bonchev–Trinajstić information content (AvgIpc) is 2.64. The van der Waals surface area contributed by atoms with E-state index in [-0.39, 0.29) is 10.8 Å². The van der Waals surface area contributed by atoms with Crippen LogP contribution in [0.1, 0.15) is 16.8 Å². The molecule has 2 N–H and O–H groups in total. The molecule has 26 heavy (non-hydrogen) atoms. The minimum Gasteiger partial charge on any atom is -0.384 e. The molecular formula is C17H20N4O3S2. The Morgan fingerprint density at radius 3 is 2.69 bits per heavy atom. The number of hydrogen-bond acceptors (Lipinski definition) is 6. The molecule has 9 heteroatoms. The molecule has 0 radical (unpaired) electrons. The average molecular weight is 393 g/mol. The van der Waals surface area contributed by atoms with Crippen LogP contribution in [0.3, 0.4) is 0 Å². The lowest BCUT2D eigenvalue weighted by atomic mass is 10.2. The molecule has 3 rings (SSSR count). The van der Waals surface area contributed by atoms with E-state index in [0.29, 0.717) is 28.6 Å². The molecule has 0 bridgehead atoms. The van der Waals surface area contributed by atoms with E-state index in [1.165, 1.54) is 30.2 Å². The minimum atomic E-state index is -3.55. The van der Waals surface area contributed by atoms with E-state index >= 15 is 0 Å². The molecule has 138 valence electrons. The quantitative estimate of drug-likeness (QED) is 0.813. The Morgan fingerprint density at radius 1 is 1.15 bits per heavy atom. The molecule has 0 spiro atoms. The molecule has 0 saturated heterocycles. The molecule has 0 atom stereocenters. The summed E-state index contributed by atoms with van der Waals surface area (Å²) < 4.78 is 26.1. The zero-order valence-electron chi connectivity index (χ0n) is 14.5. The van der Waals surface area contributed by atoms with Crippen molar-refractivity contribution >= 4 is 33.4 Å². The third-order valence-corrected chi connectivity index (χ3v) is 6.80. The molecule has 1 aliphatic rings. The van der Waals surface area contributed by atoms with Gasteiger partial charge < -0.3 is 10.6 Å². The zero-order chi connectivity index (χ0) is 18.7. The summed E-state index contributed by atoms with van der Waals surface area (Å²) in [6.07, 6.45) is 2.37. The van der Waals surface area contributed by atoms with Crippen LogP contribution in [0.5, 0.6) is 0 Å². The van der Waals surface area contributed by atoms with Crippen molar-refractivity contribution in [3.8, 4) is 0 Å². The van der Waals surface area contributed by atoms with Crippen molar-refractivity contribution in [2.45, 2.75) is 21.2 Å². The summed E-state index contributed by atoms with van der Waals surface area (Å²) in [6, 6.07) is 8.40. The van der Waals surface area contributed by atoms with E-state index in [1.807, 2.05) is 0 Å². The van der Waals surface area contributed by atoms with Gasteiger partial charge in [-0.1, -0.05) is 11.8 Å². The maximum absolute atomic E-state index is 12.5. The molecule has 0 saturated carbocycles. The smallest absolute Gasteiger partial charge is 0.254 e. The second-order valence-corrected chi connectivity index (χ2v) is 9.12. The third-order valence-electron chi connectivity index (χ3n) is 3.91. The highest BCUT2D eigenvalue weighted by atomic mass is 32.2. The number of aromatic nitrogens is 1. The summed E-state index contributed by atoms with van der Waals surface area (Å²) >= 11 is 1.28. The Labute approximate surface area is 157 Å². The number of fused-ring (bicyclic) bond motifs is 2. The summed E-state index contributed by atoms with van der Waals surface area (Å²) in [5, 5.41) is 6.72. The van der Waals surface area contributed by atoms with Crippen molar-refractivity contribution in [2.24, 2.45) is 0 Å². The SMILES string of the molecule is CN(C)S(=O)(=O)c1ccc2c(c1)Sc1ncccc1C(=O)NCCCN2. The van der Waals surface area contributed by atoms with E-state index in [1.54, 1.807) is 36.5 Å². The van der Waals surface area contributed by atoms with Crippen molar-refractivity contribution in [3.63, 3.8) is 0 Å². The Hall–Kier alpha value is -2.10. The first-order valence-electron chi connectivity index (χ1n) is 8.11. The predicted molar refractivity (Wildman–Crippen MR) is 101 cm³/mol. The molecule has 0 fully saturated rings. The van der Waals surface area contributed by atoms with Crippen LogP contribution in [0.2, 0.25) is 0 Å². The van der Waals surface area contributed by atoms with Crippen LogP contribution in [-0.2, 0) is 10.0 Å². The zero-order valence-corrected chi connectivity index (χ0v) is 16.2. The van der Waals surface area contributed by atoms with E-state index in [9.17, 15) is 13.2 Å². The number of anilines is 1. The fourth-order valence-electron chi connectivity index (χ4n) is 2.46. The van der Waals surface area contributed by atoms with Gasteiger partial charge in [0.2, 0.25) is 10.0 Å². The fraction of sp³-hybridized carbons (Fsp3) is 0.294.